The summed E-state index contributed by atoms with van der Waals surface area (Å²) >= 11 is 4.56. The second kappa shape index (κ2) is 20.9. The van der Waals surface area contributed by atoms with Crippen LogP contribution in [0.15, 0.2) is 35.4 Å². The molecular formula is C14H27N3S. The molecule has 0 aliphatic carbocycles. The quantitative estimate of drug-likeness (QED) is 0.486. The molecule has 1 rings (SSSR count). The molecule has 3 nitrogen and oxygen atoms in total. The summed E-state index contributed by atoms with van der Waals surface area (Å²) < 4.78 is 0. The van der Waals surface area contributed by atoms with E-state index in [9.17, 15) is 0 Å². The highest BCUT2D eigenvalue weighted by molar-refractivity contribution is 7.80. The van der Waals surface area contributed by atoms with Crippen molar-refractivity contribution in [3.8, 4) is 0 Å². The largest absolute Gasteiger partial charge is 0.375 e. The third-order valence-corrected chi connectivity index (χ3v) is 1.28. The number of hydrogen-bond acceptors (Lipinski definition) is 2. The predicted octanol–water partition coefficient (Wildman–Crippen LogP) is 3.93. The van der Waals surface area contributed by atoms with Crippen molar-refractivity contribution in [2.45, 2.75) is 41.5 Å². The van der Waals surface area contributed by atoms with Gasteiger partial charge in [-0.15, -0.1) is 0 Å². The molecule has 0 unspecified atom stereocenters. The molecule has 3 N–H and O–H groups in total. The van der Waals surface area contributed by atoms with Gasteiger partial charge in [0.2, 0.25) is 0 Å². The van der Waals surface area contributed by atoms with E-state index in [-0.39, 0.29) is 5.11 Å². The van der Waals surface area contributed by atoms with Gasteiger partial charge in [-0.05, 0) is 17.8 Å². The zero-order chi connectivity index (χ0) is 14.8. The minimum Gasteiger partial charge on any atom is -0.375 e. The summed E-state index contributed by atoms with van der Waals surface area (Å²) in [4.78, 5) is 0. The Labute approximate surface area is 117 Å². The van der Waals surface area contributed by atoms with Crippen LogP contribution in [-0.2, 0) is 0 Å². The zero-order valence-corrected chi connectivity index (χ0v) is 13.2. The molecule has 18 heavy (non-hydrogen) atoms. The Morgan fingerprint density at radius 2 is 1.50 bits per heavy atom. The highest BCUT2D eigenvalue weighted by atomic mass is 32.1. The summed E-state index contributed by atoms with van der Waals surface area (Å²) in [5, 5.41) is 3.97. The van der Waals surface area contributed by atoms with Crippen molar-refractivity contribution in [1.29, 1.82) is 0 Å². The molecule has 1 aromatic carbocycles. The van der Waals surface area contributed by atoms with Gasteiger partial charge in [0.25, 0.3) is 0 Å². The van der Waals surface area contributed by atoms with Gasteiger partial charge in [-0.3, -0.25) is 5.43 Å². The molecule has 0 saturated heterocycles. The molecule has 104 valence electrons. The van der Waals surface area contributed by atoms with E-state index >= 15 is 0 Å². The smallest absolute Gasteiger partial charge is 0.184 e. The summed E-state index contributed by atoms with van der Waals surface area (Å²) in [5.41, 5.74) is 8.64. The Hall–Kier alpha value is -1.42. The van der Waals surface area contributed by atoms with E-state index in [2.05, 4.69) is 22.7 Å². The van der Waals surface area contributed by atoms with Crippen LogP contribution in [-0.4, -0.2) is 11.3 Å². The summed E-state index contributed by atoms with van der Waals surface area (Å²) in [7, 11) is 0. The lowest BCUT2D eigenvalue weighted by Gasteiger charge is -1.93. The molecule has 0 heterocycles. The summed E-state index contributed by atoms with van der Waals surface area (Å²) in [6.07, 6.45) is 1.65. The number of thiocarbonyl (C=S) groups is 1. The van der Waals surface area contributed by atoms with Gasteiger partial charge in [0, 0.05) is 0 Å². The third kappa shape index (κ3) is 17.0. The number of hydrazone groups is 1. The normalized spacial score (nSPS) is 7.67. The van der Waals surface area contributed by atoms with Crippen LogP contribution in [0.4, 0.5) is 0 Å². The van der Waals surface area contributed by atoms with Crippen molar-refractivity contribution in [2.24, 2.45) is 10.8 Å². The molecule has 0 atom stereocenters. The van der Waals surface area contributed by atoms with E-state index in [0.29, 0.717) is 0 Å². The number of rotatable bonds is 2. The van der Waals surface area contributed by atoms with Gasteiger partial charge < -0.3 is 5.73 Å². The molecule has 0 amide bonds. The van der Waals surface area contributed by atoms with Crippen LogP contribution < -0.4 is 11.2 Å². The fourth-order valence-electron chi connectivity index (χ4n) is 0.710. The van der Waals surface area contributed by atoms with Gasteiger partial charge in [-0.25, -0.2) is 0 Å². The Balaban J connectivity index is -0.000000328. The van der Waals surface area contributed by atoms with Crippen LogP contribution >= 0.6 is 12.2 Å². The highest BCUT2D eigenvalue weighted by Crippen LogP contribution is 1.92. The molecule has 0 spiro atoms. The van der Waals surface area contributed by atoms with Crippen molar-refractivity contribution in [2.75, 3.05) is 0 Å². The first kappa shape index (κ1) is 21.8. The minimum absolute atomic E-state index is 0.169. The molecule has 0 bridgehead atoms. The van der Waals surface area contributed by atoms with E-state index in [1.165, 1.54) is 0 Å². The predicted molar refractivity (Wildman–Crippen MR) is 88.0 cm³/mol. The summed E-state index contributed by atoms with van der Waals surface area (Å²) in [5.74, 6) is 0. The topological polar surface area (TPSA) is 50.4 Å². The lowest BCUT2D eigenvalue weighted by molar-refractivity contribution is 1.04. The molecule has 0 aliphatic rings. The lowest BCUT2D eigenvalue weighted by atomic mass is 10.2. The first-order chi connectivity index (χ1) is 8.79. The first-order valence-electron chi connectivity index (χ1n) is 6.42. The van der Waals surface area contributed by atoms with Gasteiger partial charge in [0.15, 0.2) is 5.11 Å². The molecular weight excluding hydrogens is 242 g/mol. The van der Waals surface area contributed by atoms with Crippen molar-refractivity contribution in [3.05, 3.63) is 35.9 Å². The Kier molecular flexibility index (Phi) is 25.4. The van der Waals surface area contributed by atoms with Gasteiger partial charge in [0.1, 0.15) is 0 Å². The Morgan fingerprint density at radius 3 is 1.89 bits per heavy atom. The lowest BCUT2D eigenvalue weighted by Crippen LogP contribution is -2.23. The molecule has 0 fully saturated rings. The first-order valence-corrected chi connectivity index (χ1v) is 6.83. The molecule has 0 radical (unpaired) electrons. The summed E-state index contributed by atoms with van der Waals surface area (Å²) in [6.45, 7) is 12.0. The number of benzene rings is 1. The van der Waals surface area contributed by atoms with Crippen LogP contribution in [0.25, 0.3) is 0 Å². The Bertz CT molecular complexity index is 284. The standard InChI is InChI=1S/C8H9N3S.3C2H6/c9-8(12)11-10-6-7-4-2-1-3-5-7;3*1-2/h1-6H,(H3,9,11,12);3*1-2H3/b10-6-;;;. The van der Waals surface area contributed by atoms with Gasteiger partial charge in [0.05, 0.1) is 6.21 Å². The Morgan fingerprint density at radius 1 is 1.06 bits per heavy atom. The van der Waals surface area contributed by atoms with E-state index in [4.69, 9.17) is 5.73 Å². The molecule has 1 aromatic rings. The second-order valence-electron chi connectivity index (χ2n) is 2.14. The molecule has 0 saturated carbocycles. The highest BCUT2D eigenvalue weighted by Gasteiger charge is 1.83. The number of hydrogen-bond donors (Lipinski definition) is 2. The second-order valence-corrected chi connectivity index (χ2v) is 2.58. The fourth-order valence-corrected chi connectivity index (χ4v) is 0.762. The van der Waals surface area contributed by atoms with Crippen LogP contribution in [0.3, 0.4) is 0 Å². The van der Waals surface area contributed by atoms with Gasteiger partial charge in [-0.1, -0.05) is 71.9 Å². The van der Waals surface area contributed by atoms with Crippen molar-refractivity contribution >= 4 is 23.5 Å². The molecule has 0 aliphatic heterocycles. The van der Waals surface area contributed by atoms with Crippen molar-refractivity contribution < 1.29 is 0 Å². The average Bonchev–Trinajstić information content (AvgIpc) is 2.46. The minimum atomic E-state index is 0.169. The molecule has 4 heteroatoms. The number of nitrogens with one attached hydrogen (secondary N) is 1. The average molecular weight is 269 g/mol. The van der Waals surface area contributed by atoms with Crippen molar-refractivity contribution in [1.82, 2.24) is 5.43 Å². The van der Waals surface area contributed by atoms with E-state index in [1.54, 1.807) is 6.21 Å². The summed E-state index contributed by atoms with van der Waals surface area (Å²) in [6, 6.07) is 9.68. The van der Waals surface area contributed by atoms with E-state index in [0.717, 1.165) is 5.56 Å². The SMILES string of the molecule is CC.CC.CC.NC(=S)N/N=C\c1ccccc1. The third-order valence-electron chi connectivity index (χ3n) is 1.19. The van der Waals surface area contributed by atoms with Crippen LogP contribution in [0.2, 0.25) is 0 Å². The van der Waals surface area contributed by atoms with Crippen molar-refractivity contribution in [3.63, 3.8) is 0 Å². The van der Waals surface area contributed by atoms with Gasteiger partial charge >= 0.3 is 0 Å². The van der Waals surface area contributed by atoms with E-state index in [1.807, 2.05) is 71.9 Å². The van der Waals surface area contributed by atoms with E-state index < -0.39 is 0 Å². The maximum atomic E-state index is 5.16. The zero-order valence-electron chi connectivity index (χ0n) is 12.4. The fraction of sp³-hybridized carbons (Fsp3) is 0.429. The van der Waals surface area contributed by atoms with Crippen LogP contribution in [0, 0.1) is 0 Å². The maximum Gasteiger partial charge on any atom is 0.184 e. The molecule has 0 aromatic heterocycles. The monoisotopic (exact) mass is 269 g/mol. The van der Waals surface area contributed by atoms with Crippen LogP contribution in [0.1, 0.15) is 47.1 Å². The van der Waals surface area contributed by atoms with Crippen LogP contribution in [0.5, 0.6) is 0 Å². The number of nitrogens with two attached hydrogens (primary N) is 1. The number of nitrogens with zero attached hydrogens (tertiary/aromatic N) is 1. The van der Waals surface area contributed by atoms with Gasteiger partial charge in [-0.2, -0.15) is 5.10 Å². The maximum absolute atomic E-state index is 5.16.